The smallest absolute Gasteiger partial charge is 0.306 e. The van der Waals surface area contributed by atoms with Gasteiger partial charge in [-0.15, -0.1) is 0 Å². The molecule has 0 fully saturated rings. The van der Waals surface area contributed by atoms with Crippen molar-refractivity contribution in [1.82, 2.24) is 4.90 Å². The number of rotatable bonds is 41. The molecule has 0 aromatic heterocycles. The summed E-state index contributed by atoms with van der Waals surface area (Å²) < 4.78 is 5.93. The van der Waals surface area contributed by atoms with Crippen LogP contribution in [0.4, 0.5) is 0 Å². The third kappa shape index (κ3) is 41.3. The van der Waals surface area contributed by atoms with Gasteiger partial charge in [-0.3, -0.25) is 14.4 Å². The Morgan fingerprint density at radius 1 is 0.500 bits per heavy atom. The molecule has 0 aromatic carbocycles. The number of esters is 1. The second-order valence-corrected chi connectivity index (χ2v) is 15.9. The Bertz CT molecular complexity index is 807. The van der Waals surface area contributed by atoms with Crippen molar-refractivity contribution in [3.63, 3.8) is 0 Å². The number of hydrogen-bond acceptors (Lipinski definition) is 5. The van der Waals surface area contributed by atoms with E-state index in [4.69, 9.17) is 4.74 Å². The third-order valence-corrected chi connectivity index (χ3v) is 10.3. The minimum Gasteiger partial charge on any atom is -0.462 e. The first-order valence-corrected chi connectivity index (χ1v) is 22.4. The zero-order valence-electron chi connectivity index (χ0n) is 34.8. The van der Waals surface area contributed by atoms with E-state index in [0.717, 1.165) is 83.6 Å². The molecular weight excluding hydrogens is 643 g/mol. The van der Waals surface area contributed by atoms with E-state index in [1.54, 1.807) is 6.08 Å². The van der Waals surface area contributed by atoms with Gasteiger partial charge in [-0.05, 0) is 90.9 Å². The van der Waals surface area contributed by atoms with Crippen LogP contribution in [-0.2, 0) is 19.1 Å². The van der Waals surface area contributed by atoms with E-state index >= 15 is 0 Å². The van der Waals surface area contributed by atoms with Crippen LogP contribution in [0.3, 0.4) is 0 Å². The molecule has 0 bridgehead atoms. The van der Waals surface area contributed by atoms with Gasteiger partial charge in [0.1, 0.15) is 11.9 Å². The highest BCUT2D eigenvalue weighted by Crippen LogP contribution is 2.18. The van der Waals surface area contributed by atoms with Gasteiger partial charge in [0, 0.05) is 25.7 Å². The van der Waals surface area contributed by atoms with Gasteiger partial charge in [-0.2, -0.15) is 0 Å². The standard InChI is InChI=1S/C46H87NO4.CH4/c1-5-7-9-11-13-15-17-19-21-23-25-29-36-44(49)38-31-27-33-40-45(51-46(50)41-34-42-47(3)4)39-32-26-30-37-43(48)35-28-24-22-20-18-16-14-12-10-8-6-2;/h28,35,45H,5-27,29-34,36-42H2,1-4H3;1H4/b35-28-;. The molecule has 0 aliphatic rings. The van der Waals surface area contributed by atoms with Crippen molar-refractivity contribution in [2.45, 2.75) is 252 Å². The maximum atomic E-state index is 12.6. The first-order chi connectivity index (χ1) is 24.9. The van der Waals surface area contributed by atoms with Crippen LogP contribution >= 0.6 is 0 Å². The molecule has 308 valence electrons. The van der Waals surface area contributed by atoms with E-state index in [2.05, 4.69) is 24.8 Å². The van der Waals surface area contributed by atoms with Gasteiger partial charge in [-0.1, -0.05) is 162 Å². The van der Waals surface area contributed by atoms with Crippen molar-refractivity contribution in [1.29, 1.82) is 0 Å². The van der Waals surface area contributed by atoms with E-state index in [1.165, 1.54) is 128 Å². The van der Waals surface area contributed by atoms with Crippen LogP contribution < -0.4 is 0 Å². The molecule has 0 aliphatic carbocycles. The number of ketones is 2. The lowest BCUT2D eigenvalue weighted by molar-refractivity contribution is -0.150. The van der Waals surface area contributed by atoms with Crippen molar-refractivity contribution >= 4 is 17.5 Å². The van der Waals surface area contributed by atoms with Gasteiger partial charge in [0.25, 0.3) is 0 Å². The Kier molecular flexibility index (Phi) is 42.8. The van der Waals surface area contributed by atoms with Gasteiger partial charge >= 0.3 is 5.97 Å². The van der Waals surface area contributed by atoms with Gasteiger partial charge in [0.15, 0.2) is 5.78 Å². The van der Waals surface area contributed by atoms with Crippen LogP contribution in [0, 0.1) is 0 Å². The number of carbonyl (C=O) groups excluding carboxylic acids is 3. The normalized spacial score (nSPS) is 12.0. The number of nitrogens with zero attached hydrogens (tertiary/aromatic N) is 1. The van der Waals surface area contributed by atoms with Crippen molar-refractivity contribution in [2.24, 2.45) is 0 Å². The van der Waals surface area contributed by atoms with Gasteiger partial charge < -0.3 is 9.64 Å². The Morgan fingerprint density at radius 3 is 1.37 bits per heavy atom. The summed E-state index contributed by atoms with van der Waals surface area (Å²) in [5.41, 5.74) is 0. The fourth-order valence-corrected chi connectivity index (χ4v) is 6.92. The molecule has 0 spiro atoms. The first-order valence-electron chi connectivity index (χ1n) is 22.4. The lowest BCUT2D eigenvalue weighted by Gasteiger charge is -2.18. The molecule has 5 heteroatoms. The quantitative estimate of drug-likeness (QED) is 0.0356. The zero-order chi connectivity index (χ0) is 37.5. The van der Waals surface area contributed by atoms with E-state index in [0.29, 0.717) is 25.0 Å². The Labute approximate surface area is 325 Å². The van der Waals surface area contributed by atoms with Crippen molar-refractivity contribution in [3.8, 4) is 0 Å². The maximum absolute atomic E-state index is 12.6. The molecule has 52 heavy (non-hydrogen) atoms. The second kappa shape index (κ2) is 42.3. The number of allylic oxidation sites excluding steroid dienone is 2. The average molecular weight is 734 g/mol. The molecule has 0 amide bonds. The third-order valence-electron chi connectivity index (χ3n) is 10.3. The summed E-state index contributed by atoms with van der Waals surface area (Å²) in [7, 11) is 4.05. The molecular formula is C47H91NO4. The Balaban J connectivity index is 0. The molecule has 1 unspecified atom stereocenters. The fourth-order valence-electron chi connectivity index (χ4n) is 6.92. The van der Waals surface area contributed by atoms with E-state index in [1.807, 2.05) is 14.1 Å². The molecule has 0 radical (unpaired) electrons. The van der Waals surface area contributed by atoms with Crippen molar-refractivity contribution in [2.75, 3.05) is 20.6 Å². The Morgan fingerprint density at radius 2 is 0.904 bits per heavy atom. The first kappa shape index (κ1) is 52.6. The van der Waals surface area contributed by atoms with Crippen molar-refractivity contribution < 1.29 is 19.1 Å². The number of hydrogen-bond donors (Lipinski definition) is 0. The molecule has 0 saturated carbocycles. The summed E-state index contributed by atoms with van der Waals surface area (Å²) in [6, 6.07) is 0. The molecule has 0 N–H and O–H groups in total. The summed E-state index contributed by atoms with van der Waals surface area (Å²) in [4.78, 5) is 39.4. The second-order valence-electron chi connectivity index (χ2n) is 15.9. The van der Waals surface area contributed by atoms with Crippen LogP contribution in [0.2, 0.25) is 0 Å². The highest BCUT2D eigenvalue weighted by atomic mass is 16.5. The van der Waals surface area contributed by atoms with E-state index in [-0.39, 0.29) is 25.3 Å². The molecule has 0 aliphatic heterocycles. The van der Waals surface area contributed by atoms with Crippen LogP contribution in [-0.4, -0.2) is 49.2 Å². The molecule has 0 rings (SSSR count). The predicted molar refractivity (Wildman–Crippen MR) is 227 cm³/mol. The SMILES string of the molecule is C.CCCCCCCCCCC/C=C\C(=O)CCCCCC(CCCCCC(=O)CCCCCCCCCCCCCC)OC(=O)CCCN(C)C. The zero-order valence-corrected chi connectivity index (χ0v) is 34.8. The largest absolute Gasteiger partial charge is 0.462 e. The van der Waals surface area contributed by atoms with Gasteiger partial charge in [-0.25, -0.2) is 0 Å². The summed E-state index contributed by atoms with van der Waals surface area (Å²) in [6.45, 7) is 5.42. The number of unbranched alkanes of at least 4 members (excludes halogenated alkanes) is 24. The maximum Gasteiger partial charge on any atom is 0.306 e. The van der Waals surface area contributed by atoms with Crippen LogP contribution in [0.15, 0.2) is 12.2 Å². The van der Waals surface area contributed by atoms with Gasteiger partial charge in [0.2, 0.25) is 0 Å². The summed E-state index contributed by atoms with van der Waals surface area (Å²) >= 11 is 0. The molecule has 0 heterocycles. The van der Waals surface area contributed by atoms with Crippen molar-refractivity contribution in [3.05, 3.63) is 12.2 Å². The summed E-state index contributed by atoms with van der Waals surface area (Å²) in [6.07, 6.45) is 43.5. The van der Waals surface area contributed by atoms with Gasteiger partial charge in [0.05, 0.1) is 0 Å². The minimum absolute atomic E-state index is 0. The monoisotopic (exact) mass is 734 g/mol. The lowest BCUT2D eigenvalue weighted by atomic mass is 10.0. The summed E-state index contributed by atoms with van der Waals surface area (Å²) in [5, 5.41) is 0. The number of ether oxygens (including phenoxy) is 1. The number of carbonyl (C=O) groups is 3. The molecule has 0 aromatic rings. The van der Waals surface area contributed by atoms with Crippen LogP contribution in [0.5, 0.6) is 0 Å². The van der Waals surface area contributed by atoms with Crippen LogP contribution in [0.1, 0.15) is 246 Å². The number of Topliss-reactive ketones (excluding diaryl/α,β-unsaturated/α-hetero) is 1. The van der Waals surface area contributed by atoms with E-state index in [9.17, 15) is 14.4 Å². The molecule has 1 atom stereocenters. The average Bonchev–Trinajstić information content (AvgIpc) is 3.10. The molecule has 0 saturated heterocycles. The van der Waals surface area contributed by atoms with Crippen LogP contribution in [0.25, 0.3) is 0 Å². The molecule has 5 nitrogen and oxygen atoms in total. The lowest BCUT2D eigenvalue weighted by Crippen LogP contribution is -2.20. The fraction of sp³-hybridized carbons (Fsp3) is 0.894. The topological polar surface area (TPSA) is 63.7 Å². The minimum atomic E-state index is -0.0910. The predicted octanol–water partition coefficient (Wildman–Crippen LogP) is 14.5. The highest BCUT2D eigenvalue weighted by molar-refractivity contribution is 5.89. The Hall–Kier alpha value is -1.49. The summed E-state index contributed by atoms with van der Waals surface area (Å²) in [5.74, 6) is 0.564. The highest BCUT2D eigenvalue weighted by Gasteiger charge is 2.15. The van der Waals surface area contributed by atoms with E-state index < -0.39 is 0 Å².